The second kappa shape index (κ2) is 2.97. The Balaban J connectivity index is 2.31. The molecule has 0 bridgehead atoms. The molecule has 1 aromatic rings. The van der Waals surface area contributed by atoms with E-state index in [9.17, 15) is 0 Å². The van der Waals surface area contributed by atoms with Gasteiger partial charge in [0.15, 0.2) is 0 Å². The molecule has 1 aromatic heterocycles. The van der Waals surface area contributed by atoms with Gasteiger partial charge in [0, 0.05) is 37.2 Å². The highest BCUT2D eigenvalue weighted by Gasteiger charge is 2.11. The molecule has 0 aromatic carbocycles. The Kier molecular flexibility index (Phi) is 1.82. The Morgan fingerprint density at radius 3 is 3.00 bits per heavy atom. The molecule has 62 valence electrons. The van der Waals surface area contributed by atoms with E-state index in [0.717, 1.165) is 13.0 Å². The van der Waals surface area contributed by atoms with Gasteiger partial charge < -0.3 is 4.90 Å². The molecule has 12 heavy (non-hydrogen) atoms. The van der Waals surface area contributed by atoms with Crippen LogP contribution >= 0.6 is 0 Å². The zero-order chi connectivity index (χ0) is 8.39. The second-order valence-corrected chi connectivity index (χ2v) is 3.04. The topological polar surface area (TPSA) is 16.1 Å². The van der Waals surface area contributed by atoms with Gasteiger partial charge in [0.2, 0.25) is 0 Å². The van der Waals surface area contributed by atoms with Gasteiger partial charge in [-0.25, -0.2) is 0 Å². The van der Waals surface area contributed by atoms with Crippen LogP contribution in [0.3, 0.4) is 0 Å². The molecular weight excluding hydrogens is 148 g/mol. The molecule has 2 rings (SSSR count). The quantitative estimate of drug-likeness (QED) is 0.622. The summed E-state index contributed by atoms with van der Waals surface area (Å²) in [5.41, 5.74) is 2.53. The first kappa shape index (κ1) is 7.35. The van der Waals surface area contributed by atoms with Crippen molar-refractivity contribution in [1.29, 1.82) is 0 Å². The lowest BCUT2D eigenvalue weighted by Crippen LogP contribution is -2.11. The van der Waals surface area contributed by atoms with Crippen molar-refractivity contribution >= 4 is 5.70 Å². The lowest BCUT2D eigenvalue weighted by Gasteiger charge is -2.15. The maximum absolute atomic E-state index is 4.10. The van der Waals surface area contributed by atoms with Crippen LogP contribution in [-0.2, 0) is 0 Å². The van der Waals surface area contributed by atoms with E-state index in [1.54, 1.807) is 6.20 Å². The summed E-state index contributed by atoms with van der Waals surface area (Å²) >= 11 is 0. The fourth-order valence-corrected chi connectivity index (χ4v) is 1.52. The monoisotopic (exact) mass is 160 g/mol. The van der Waals surface area contributed by atoms with E-state index in [2.05, 4.69) is 29.1 Å². The molecule has 0 unspecified atom stereocenters. The van der Waals surface area contributed by atoms with Crippen LogP contribution in [-0.4, -0.2) is 23.5 Å². The molecule has 0 fully saturated rings. The maximum atomic E-state index is 4.10. The summed E-state index contributed by atoms with van der Waals surface area (Å²) in [5.74, 6) is 0. The van der Waals surface area contributed by atoms with E-state index < -0.39 is 0 Å². The largest absolute Gasteiger partial charge is 0.374 e. The highest BCUT2D eigenvalue weighted by atomic mass is 15.1. The van der Waals surface area contributed by atoms with Crippen molar-refractivity contribution in [3.8, 4) is 0 Å². The third kappa shape index (κ3) is 1.20. The number of pyridine rings is 1. The Hall–Kier alpha value is -1.31. The van der Waals surface area contributed by atoms with Crippen molar-refractivity contribution in [2.24, 2.45) is 0 Å². The van der Waals surface area contributed by atoms with Gasteiger partial charge in [0.1, 0.15) is 0 Å². The first-order valence-corrected chi connectivity index (χ1v) is 4.19. The van der Waals surface area contributed by atoms with Gasteiger partial charge in [-0.1, -0.05) is 6.08 Å². The lowest BCUT2D eigenvalue weighted by molar-refractivity contribution is 0.517. The summed E-state index contributed by atoms with van der Waals surface area (Å²) in [6.07, 6.45) is 7.13. The van der Waals surface area contributed by atoms with Crippen LogP contribution in [0.1, 0.15) is 12.0 Å². The normalized spacial score (nSPS) is 16.4. The zero-order valence-electron chi connectivity index (χ0n) is 7.20. The van der Waals surface area contributed by atoms with Crippen LogP contribution in [0.15, 0.2) is 30.6 Å². The van der Waals surface area contributed by atoms with E-state index in [1.807, 2.05) is 12.3 Å². The third-order valence-electron chi connectivity index (χ3n) is 2.17. The van der Waals surface area contributed by atoms with E-state index in [-0.39, 0.29) is 0 Å². The van der Waals surface area contributed by atoms with Gasteiger partial charge in [-0.15, -0.1) is 0 Å². The molecule has 0 spiro atoms. The first-order valence-electron chi connectivity index (χ1n) is 4.19. The second-order valence-electron chi connectivity index (χ2n) is 3.04. The summed E-state index contributed by atoms with van der Waals surface area (Å²) < 4.78 is 0. The van der Waals surface area contributed by atoms with Crippen LogP contribution in [0.2, 0.25) is 0 Å². The van der Waals surface area contributed by atoms with Crippen molar-refractivity contribution in [2.45, 2.75) is 6.42 Å². The van der Waals surface area contributed by atoms with Gasteiger partial charge >= 0.3 is 0 Å². The third-order valence-corrected chi connectivity index (χ3v) is 2.17. The molecule has 2 heteroatoms. The number of nitrogens with zero attached hydrogens (tertiary/aromatic N) is 2. The Morgan fingerprint density at radius 2 is 2.42 bits per heavy atom. The highest BCUT2D eigenvalue weighted by Crippen LogP contribution is 2.22. The standard InChI is InChI=1S/C10H12N2/c1-12-7-3-5-10(12)9-4-2-6-11-8-9/h2,4-6,8H,3,7H2,1H3. The van der Waals surface area contributed by atoms with Crippen LogP contribution in [0, 0.1) is 0 Å². The van der Waals surface area contributed by atoms with Crippen molar-refractivity contribution in [2.75, 3.05) is 13.6 Å². The van der Waals surface area contributed by atoms with E-state index >= 15 is 0 Å². The molecule has 0 amide bonds. The predicted molar refractivity (Wildman–Crippen MR) is 49.5 cm³/mol. The zero-order valence-corrected chi connectivity index (χ0v) is 7.20. The van der Waals surface area contributed by atoms with E-state index in [4.69, 9.17) is 0 Å². The van der Waals surface area contributed by atoms with Gasteiger partial charge in [-0.05, 0) is 18.6 Å². The van der Waals surface area contributed by atoms with Gasteiger partial charge in [0.25, 0.3) is 0 Å². The smallest absolute Gasteiger partial charge is 0.0413 e. The Morgan fingerprint density at radius 1 is 1.50 bits per heavy atom. The molecule has 0 radical (unpaired) electrons. The number of hydrogen-bond acceptors (Lipinski definition) is 2. The SMILES string of the molecule is CN1CCC=C1c1cccnc1. The van der Waals surface area contributed by atoms with Crippen molar-refractivity contribution in [1.82, 2.24) is 9.88 Å². The molecule has 1 aliphatic rings. The molecule has 2 heterocycles. The molecule has 2 nitrogen and oxygen atoms in total. The molecule has 0 aliphatic carbocycles. The fourth-order valence-electron chi connectivity index (χ4n) is 1.52. The fraction of sp³-hybridized carbons (Fsp3) is 0.300. The molecule has 1 aliphatic heterocycles. The van der Waals surface area contributed by atoms with Crippen LogP contribution in [0.5, 0.6) is 0 Å². The minimum atomic E-state index is 1.13. The van der Waals surface area contributed by atoms with Gasteiger partial charge in [-0.3, -0.25) is 4.98 Å². The predicted octanol–water partition coefficient (Wildman–Crippen LogP) is 1.76. The maximum Gasteiger partial charge on any atom is 0.0413 e. The minimum absolute atomic E-state index is 1.13. The minimum Gasteiger partial charge on any atom is -0.374 e. The molecule has 0 saturated heterocycles. The van der Waals surface area contributed by atoms with Crippen LogP contribution in [0.4, 0.5) is 0 Å². The number of aromatic nitrogens is 1. The molecule has 0 N–H and O–H groups in total. The highest BCUT2D eigenvalue weighted by molar-refractivity contribution is 5.64. The van der Waals surface area contributed by atoms with E-state index in [1.165, 1.54) is 11.3 Å². The summed E-state index contributed by atoms with van der Waals surface area (Å²) in [6, 6.07) is 4.07. The summed E-state index contributed by atoms with van der Waals surface area (Å²) in [7, 11) is 2.12. The van der Waals surface area contributed by atoms with Crippen molar-refractivity contribution < 1.29 is 0 Å². The first-order chi connectivity index (χ1) is 5.88. The molecule has 0 saturated carbocycles. The van der Waals surface area contributed by atoms with Crippen molar-refractivity contribution in [3.63, 3.8) is 0 Å². The summed E-state index contributed by atoms with van der Waals surface area (Å²) in [4.78, 5) is 6.36. The summed E-state index contributed by atoms with van der Waals surface area (Å²) in [6.45, 7) is 1.13. The number of rotatable bonds is 1. The molecule has 0 atom stereocenters. The van der Waals surface area contributed by atoms with Gasteiger partial charge in [0.05, 0.1) is 0 Å². The van der Waals surface area contributed by atoms with Crippen molar-refractivity contribution in [3.05, 3.63) is 36.2 Å². The Bertz CT molecular complexity index is 290. The lowest BCUT2D eigenvalue weighted by atomic mass is 10.2. The van der Waals surface area contributed by atoms with Gasteiger partial charge in [-0.2, -0.15) is 0 Å². The summed E-state index contributed by atoms with van der Waals surface area (Å²) in [5, 5.41) is 0. The number of hydrogen-bond donors (Lipinski definition) is 0. The Labute approximate surface area is 72.5 Å². The van der Waals surface area contributed by atoms with Crippen LogP contribution < -0.4 is 0 Å². The average molecular weight is 160 g/mol. The van der Waals surface area contributed by atoms with E-state index in [0.29, 0.717) is 0 Å². The average Bonchev–Trinajstić information content (AvgIpc) is 2.53. The molecular formula is C10H12N2. The van der Waals surface area contributed by atoms with Crippen LogP contribution in [0.25, 0.3) is 5.70 Å².